The van der Waals surface area contributed by atoms with Crippen molar-refractivity contribution in [3.63, 3.8) is 0 Å². The molecule has 0 spiro atoms. The van der Waals surface area contributed by atoms with E-state index in [-0.39, 0.29) is 17.9 Å². The first-order chi connectivity index (χ1) is 14.2. The summed E-state index contributed by atoms with van der Waals surface area (Å²) < 4.78 is 5.25. The summed E-state index contributed by atoms with van der Waals surface area (Å²) in [5, 5.41) is 0. The van der Waals surface area contributed by atoms with E-state index in [4.69, 9.17) is 4.74 Å². The average Bonchev–Trinajstić information content (AvgIpc) is 2.92. The number of rotatable bonds is 5. The Balaban J connectivity index is 1.73. The Bertz CT molecular complexity index is 913. The lowest BCUT2D eigenvalue weighted by molar-refractivity contribution is -0.139. The molecule has 0 N–H and O–H groups in total. The van der Waals surface area contributed by atoms with Gasteiger partial charge in [0.05, 0.1) is 17.6 Å². The standard InChI is InChI=1S/C24H25NO3S/c1-28-19-15-13-17(14-16-19)21-22(29-20-11-7-4-8-12-20)24(27)25(23(21)26)18-9-5-2-3-6-10-18/h4,7-8,11-16,18H,2-3,5-6,9-10H2,1H3. The highest BCUT2D eigenvalue weighted by Gasteiger charge is 2.42. The second kappa shape index (κ2) is 8.87. The molecule has 4 rings (SSSR count). The van der Waals surface area contributed by atoms with Gasteiger partial charge in [0.2, 0.25) is 0 Å². The highest BCUT2D eigenvalue weighted by atomic mass is 32.2. The maximum atomic E-state index is 13.5. The summed E-state index contributed by atoms with van der Waals surface area (Å²) in [5.41, 5.74) is 1.27. The Morgan fingerprint density at radius 1 is 0.862 bits per heavy atom. The predicted molar refractivity (Wildman–Crippen MR) is 116 cm³/mol. The molecule has 4 nitrogen and oxygen atoms in total. The topological polar surface area (TPSA) is 46.6 Å². The molecule has 1 fully saturated rings. The molecule has 0 bridgehead atoms. The number of hydrogen-bond donors (Lipinski definition) is 0. The zero-order valence-corrected chi connectivity index (χ0v) is 17.4. The van der Waals surface area contributed by atoms with E-state index in [1.807, 2.05) is 54.6 Å². The molecule has 2 aliphatic rings. The molecule has 29 heavy (non-hydrogen) atoms. The Hall–Kier alpha value is -2.53. The zero-order chi connectivity index (χ0) is 20.2. The van der Waals surface area contributed by atoms with E-state index in [1.54, 1.807) is 7.11 Å². The maximum absolute atomic E-state index is 13.5. The highest BCUT2D eigenvalue weighted by Crippen LogP contribution is 2.42. The number of nitrogens with zero attached hydrogens (tertiary/aromatic N) is 1. The van der Waals surface area contributed by atoms with Gasteiger partial charge in [-0.2, -0.15) is 0 Å². The van der Waals surface area contributed by atoms with Crippen LogP contribution in [0.4, 0.5) is 0 Å². The van der Waals surface area contributed by atoms with Crippen molar-refractivity contribution in [3.05, 3.63) is 65.1 Å². The normalized spacial score (nSPS) is 18.3. The summed E-state index contributed by atoms with van der Waals surface area (Å²) in [7, 11) is 1.61. The van der Waals surface area contributed by atoms with Gasteiger partial charge in [-0.3, -0.25) is 14.5 Å². The minimum absolute atomic E-state index is 0.000350. The number of imide groups is 1. The fraction of sp³-hybridized carbons (Fsp3) is 0.333. The van der Waals surface area contributed by atoms with Crippen molar-refractivity contribution in [1.82, 2.24) is 4.90 Å². The summed E-state index contributed by atoms with van der Waals surface area (Å²) in [5.74, 6) is 0.413. The molecule has 2 aromatic rings. The van der Waals surface area contributed by atoms with Gasteiger partial charge in [0.1, 0.15) is 5.75 Å². The van der Waals surface area contributed by atoms with Crippen molar-refractivity contribution >= 4 is 29.1 Å². The smallest absolute Gasteiger partial charge is 0.268 e. The van der Waals surface area contributed by atoms with Gasteiger partial charge in [0.25, 0.3) is 11.8 Å². The van der Waals surface area contributed by atoms with Gasteiger partial charge in [-0.1, -0.05) is 67.8 Å². The Kier molecular flexibility index (Phi) is 6.05. The van der Waals surface area contributed by atoms with Crippen LogP contribution < -0.4 is 4.74 Å². The minimum Gasteiger partial charge on any atom is -0.497 e. The van der Waals surface area contributed by atoms with Crippen molar-refractivity contribution in [2.45, 2.75) is 49.5 Å². The number of ether oxygens (including phenoxy) is 1. The number of amides is 2. The number of benzene rings is 2. The second-order valence-corrected chi connectivity index (χ2v) is 8.56. The number of carbonyl (C=O) groups is 2. The average molecular weight is 408 g/mol. The van der Waals surface area contributed by atoms with Crippen LogP contribution >= 0.6 is 11.8 Å². The first-order valence-electron chi connectivity index (χ1n) is 10.2. The number of thioether (sulfide) groups is 1. The van der Waals surface area contributed by atoms with Crippen LogP contribution in [0.2, 0.25) is 0 Å². The molecular weight excluding hydrogens is 382 g/mol. The van der Waals surface area contributed by atoms with Crippen molar-refractivity contribution in [2.75, 3.05) is 7.11 Å². The van der Waals surface area contributed by atoms with Crippen molar-refractivity contribution in [3.8, 4) is 5.75 Å². The molecule has 1 heterocycles. The van der Waals surface area contributed by atoms with Gasteiger partial charge in [-0.05, 0) is 42.7 Å². The van der Waals surface area contributed by atoms with Crippen LogP contribution in [0.15, 0.2) is 64.4 Å². The molecule has 0 aromatic heterocycles. The first kappa shape index (κ1) is 19.8. The Morgan fingerprint density at radius 3 is 2.14 bits per heavy atom. The van der Waals surface area contributed by atoms with Crippen LogP contribution in [-0.4, -0.2) is 29.9 Å². The van der Waals surface area contributed by atoms with E-state index >= 15 is 0 Å². The molecular formula is C24H25NO3S. The van der Waals surface area contributed by atoms with E-state index in [9.17, 15) is 9.59 Å². The van der Waals surface area contributed by atoms with Gasteiger partial charge in [0, 0.05) is 10.9 Å². The minimum atomic E-state index is -0.162. The number of hydrogen-bond acceptors (Lipinski definition) is 4. The fourth-order valence-electron chi connectivity index (χ4n) is 4.09. The van der Waals surface area contributed by atoms with Gasteiger partial charge >= 0.3 is 0 Å². The molecule has 0 saturated heterocycles. The summed E-state index contributed by atoms with van der Waals surface area (Å²) in [6.45, 7) is 0. The molecule has 150 valence electrons. The Morgan fingerprint density at radius 2 is 1.52 bits per heavy atom. The summed E-state index contributed by atoms with van der Waals surface area (Å²) in [4.78, 5) is 29.9. The van der Waals surface area contributed by atoms with E-state index in [0.29, 0.717) is 10.5 Å². The third-order valence-corrected chi connectivity index (χ3v) is 6.70. The van der Waals surface area contributed by atoms with E-state index in [1.165, 1.54) is 29.5 Å². The summed E-state index contributed by atoms with van der Waals surface area (Å²) >= 11 is 1.39. The van der Waals surface area contributed by atoms with Gasteiger partial charge in [0.15, 0.2) is 0 Å². The first-order valence-corrected chi connectivity index (χ1v) is 11.0. The zero-order valence-electron chi connectivity index (χ0n) is 16.6. The largest absolute Gasteiger partial charge is 0.497 e. The van der Waals surface area contributed by atoms with Crippen molar-refractivity contribution in [2.24, 2.45) is 0 Å². The molecule has 0 unspecified atom stereocenters. The highest BCUT2D eigenvalue weighted by molar-refractivity contribution is 8.04. The van der Waals surface area contributed by atoms with E-state index in [0.717, 1.165) is 41.9 Å². The lowest BCUT2D eigenvalue weighted by atomic mass is 10.0. The molecule has 0 radical (unpaired) electrons. The predicted octanol–water partition coefficient (Wildman–Crippen LogP) is 5.29. The third kappa shape index (κ3) is 4.10. The Labute approximate surface area is 175 Å². The second-order valence-electron chi connectivity index (χ2n) is 7.47. The number of methoxy groups -OCH3 is 1. The molecule has 1 saturated carbocycles. The van der Waals surface area contributed by atoms with E-state index in [2.05, 4.69) is 0 Å². The molecule has 1 aliphatic carbocycles. The molecule has 2 amide bonds. The third-order valence-electron chi connectivity index (χ3n) is 5.60. The molecule has 1 aliphatic heterocycles. The monoisotopic (exact) mass is 407 g/mol. The van der Waals surface area contributed by atoms with Crippen LogP contribution in [0.3, 0.4) is 0 Å². The van der Waals surface area contributed by atoms with Crippen LogP contribution in [0.25, 0.3) is 5.57 Å². The van der Waals surface area contributed by atoms with Gasteiger partial charge in [-0.25, -0.2) is 0 Å². The summed E-state index contributed by atoms with van der Waals surface area (Å²) in [6, 6.07) is 17.2. The van der Waals surface area contributed by atoms with Crippen molar-refractivity contribution < 1.29 is 14.3 Å². The van der Waals surface area contributed by atoms with E-state index < -0.39 is 0 Å². The molecule has 2 aromatic carbocycles. The maximum Gasteiger partial charge on any atom is 0.268 e. The fourth-order valence-corrected chi connectivity index (χ4v) is 5.11. The van der Waals surface area contributed by atoms with Gasteiger partial charge in [-0.15, -0.1) is 0 Å². The van der Waals surface area contributed by atoms with Gasteiger partial charge < -0.3 is 4.74 Å². The lowest BCUT2D eigenvalue weighted by Gasteiger charge is -2.25. The quantitative estimate of drug-likeness (QED) is 0.499. The SMILES string of the molecule is COc1ccc(C2=C(Sc3ccccc3)C(=O)N(C3CCCCCC3)C2=O)cc1. The van der Waals surface area contributed by atoms with Crippen LogP contribution in [0, 0.1) is 0 Å². The summed E-state index contributed by atoms with van der Waals surface area (Å²) in [6.07, 6.45) is 6.29. The molecule has 5 heteroatoms. The lowest BCUT2D eigenvalue weighted by Crippen LogP contribution is -2.40. The number of carbonyl (C=O) groups excluding carboxylic acids is 2. The van der Waals surface area contributed by atoms with Crippen LogP contribution in [0.1, 0.15) is 44.1 Å². The molecule has 0 atom stereocenters. The van der Waals surface area contributed by atoms with Crippen molar-refractivity contribution in [1.29, 1.82) is 0 Å². The van der Waals surface area contributed by atoms with Crippen LogP contribution in [0.5, 0.6) is 5.75 Å². The van der Waals surface area contributed by atoms with Crippen LogP contribution in [-0.2, 0) is 9.59 Å².